The average Bonchev–Trinajstić information content (AvgIpc) is 3.16. The van der Waals surface area contributed by atoms with Crippen molar-refractivity contribution < 1.29 is 19.0 Å². The number of aliphatic hydroxyl groups excluding tert-OH is 1. The smallest absolute Gasteiger partial charge is 0.161 e. The van der Waals surface area contributed by atoms with Gasteiger partial charge < -0.3 is 19.1 Å². The van der Waals surface area contributed by atoms with E-state index in [2.05, 4.69) is 15.1 Å². The molecule has 1 N–H and O–H groups in total. The molecule has 0 radical (unpaired) electrons. The summed E-state index contributed by atoms with van der Waals surface area (Å²) < 4.78 is 26.4. The van der Waals surface area contributed by atoms with Crippen molar-refractivity contribution in [1.82, 2.24) is 19.7 Å². The molecule has 2 aromatic carbocycles. The predicted molar refractivity (Wildman–Crippen MR) is 104 cm³/mol. The number of fused-ring (bicyclic) bond motifs is 1. The lowest BCUT2D eigenvalue weighted by Gasteiger charge is -2.27. The van der Waals surface area contributed by atoms with Gasteiger partial charge >= 0.3 is 0 Å². The monoisotopic (exact) mass is 398 g/mol. The minimum absolute atomic E-state index is 0.0970. The topological polar surface area (TPSA) is 72.6 Å². The summed E-state index contributed by atoms with van der Waals surface area (Å²) in [5, 5.41) is 17.5. The number of aliphatic hydroxyl groups is 1. The zero-order valence-corrected chi connectivity index (χ0v) is 16.2. The third-order valence-electron chi connectivity index (χ3n) is 4.99. The fraction of sp³-hybridized carbons (Fsp3) is 0.333. The van der Waals surface area contributed by atoms with Gasteiger partial charge in [0.1, 0.15) is 24.9 Å². The van der Waals surface area contributed by atoms with Crippen LogP contribution >= 0.6 is 0 Å². The summed E-state index contributed by atoms with van der Waals surface area (Å²) in [7, 11) is 1.61. The van der Waals surface area contributed by atoms with Crippen LogP contribution in [0.4, 0.5) is 4.39 Å². The van der Waals surface area contributed by atoms with Gasteiger partial charge in [-0.1, -0.05) is 18.2 Å². The average molecular weight is 398 g/mol. The first kappa shape index (κ1) is 19.4. The van der Waals surface area contributed by atoms with E-state index in [0.717, 1.165) is 36.6 Å². The summed E-state index contributed by atoms with van der Waals surface area (Å²) in [5.41, 5.74) is 1.98. The molecule has 1 aliphatic rings. The number of nitrogens with zero attached hydrogens (tertiary/aromatic N) is 4. The molecular weight excluding hydrogens is 375 g/mol. The molecule has 8 heteroatoms. The van der Waals surface area contributed by atoms with Crippen molar-refractivity contribution in [1.29, 1.82) is 0 Å². The Bertz CT molecular complexity index is 975. The van der Waals surface area contributed by atoms with Gasteiger partial charge in [-0.15, -0.1) is 10.2 Å². The van der Waals surface area contributed by atoms with Gasteiger partial charge in [0.15, 0.2) is 17.3 Å². The number of halogens is 1. The Hall–Kier alpha value is -2.97. The highest BCUT2D eigenvalue weighted by atomic mass is 19.1. The second-order valence-corrected chi connectivity index (χ2v) is 6.95. The Labute approximate surface area is 168 Å². The maximum absolute atomic E-state index is 13.1. The molecule has 4 rings (SSSR count). The molecule has 1 aromatic heterocycles. The third-order valence-corrected chi connectivity index (χ3v) is 4.99. The van der Waals surface area contributed by atoms with Crippen molar-refractivity contribution >= 4 is 0 Å². The Balaban J connectivity index is 1.44. The molecule has 3 aromatic rings. The van der Waals surface area contributed by atoms with E-state index in [0.29, 0.717) is 30.5 Å². The number of aromatic nitrogens is 3. The molecule has 29 heavy (non-hydrogen) atoms. The molecule has 0 amide bonds. The normalized spacial score (nSPS) is 13.9. The Morgan fingerprint density at radius 1 is 1.03 bits per heavy atom. The van der Waals surface area contributed by atoms with Crippen LogP contribution in [0.5, 0.6) is 11.5 Å². The van der Waals surface area contributed by atoms with Crippen molar-refractivity contribution in [2.75, 3.05) is 13.7 Å². The van der Waals surface area contributed by atoms with Crippen LogP contribution in [0, 0.1) is 5.82 Å². The maximum atomic E-state index is 13.1. The highest BCUT2D eigenvalue weighted by molar-refractivity contribution is 5.43. The number of methoxy groups -OCH3 is 1. The quantitative estimate of drug-likeness (QED) is 0.659. The number of hydrogen-bond acceptors (Lipinski definition) is 6. The zero-order valence-electron chi connectivity index (χ0n) is 16.2. The Morgan fingerprint density at radius 3 is 2.59 bits per heavy atom. The minimum atomic E-state index is -0.267. The minimum Gasteiger partial charge on any atom is -0.493 e. The van der Waals surface area contributed by atoms with E-state index >= 15 is 0 Å². The van der Waals surface area contributed by atoms with Gasteiger partial charge in [0.25, 0.3) is 0 Å². The molecule has 7 nitrogen and oxygen atoms in total. The van der Waals surface area contributed by atoms with Crippen LogP contribution in [-0.4, -0.2) is 38.4 Å². The first-order valence-corrected chi connectivity index (χ1v) is 9.44. The van der Waals surface area contributed by atoms with Crippen molar-refractivity contribution in [3.05, 3.63) is 71.1 Å². The molecule has 0 unspecified atom stereocenters. The molecule has 2 heterocycles. The highest BCUT2D eigenvalue weighted by Gasteiger charge is 2.21. The fourth-order valence-electron chi connectivity index (χ4n) is 3.45. The van der Waals surface area contributed by atoms with Crippen LogP contribution in [-0.2, 0) is 32.8 Å². The van der Waals surface area contributed by atoms with Crippen LogP contribution in [0.2, 0.25) is 0 Å². The van der Waals surface area contributed by atoms with Gasteiger partial charge in [0.2, 0.25) is 0 Å². The first-order chi connectivity index (χ1) is 14.2. The lowest BCUT2D eigenvalue weighted by molar-refractivity contribution is 0.199. The summed E-state index contributed by atoms with van der Waals surface area (Å²) in [6.07, 6.45) is 0. The predicted octanol–water partition coefficient (Wildman–Crippen LogP) is 2.51. The van der Waals surface area contributed by atoms with Crippen LogP contribution in [0.25, 0.3) is 0 Å². The van der Waals surface area contributed by atoms with Gasteiger partial charge in [-0.25, -0.2) is 4.39 Å². The summed E-state index contributed by atoms with van der Waals surface area (Å²) in [5.74, 6) is 2.51. The van der Waals surface area contributed by atoms with E-state index < -0.39 is 0 Å². The Morgan fingerprint density at radius 2 is 1.83 bits per heavy atom. The van der Waals surface area contributed by atoms with E-state index in [-0.39, 0.29) is 12.4 Å². The molecule has 0 bridgehead atoms. The van der Waals surface area contributed by atoms with Crippen molar-refractivity contribution in [2.45, 2.75) is 32.8 Å². The lowest BCUT2D eigenvalue weighted by Crippen LogP contribution is -2.34. The van der Waals surface area contributed by atoms with Crippen molar-refractivity contribution in [2.24, 2.45) is 0 Å². The van der Waals surface area contributed by atoms with Crippen LogP contribution < -0.4 is 9.47 Å². The van der Waals surface area contributed by atoms with Gasteiger partial charge in [-0.05, 0) is 35.4 Å². The molecule has 0 saturated heterocycles. The lowest BCUT2D eigenvalue weighted by atomic mass is 10.1. The number of hydrogen-bond donors (Lipinski definition) is 1. The van der Waals surface area contributed by atoms with Crippen LogP contribution in [0.15, 0.2) is 42.5 Å². The molecule has 1 aliphatic heterocycles. The standard InChI is InChI=1S/C21H23FN4O3/c1-28-18-7-4-16(10-19(18)29-14-15-2-5-17(22)6-3-15)11-25-8-9-26-20(12-25)23-24-21(26)13-27/h2-7,10,27H,8-9,11-14H2,1H3. The molecule has 0 aliphatic carbocycles. The molecule has 0 fully saturated rings. The summed E-state index contributed by atoms with van der Waals surface area (Å²) >= 11 is 0. The molecule has 152 valence electrons. The largest absolute Gasteiger partial charge is 0.493 e. The van der Waals surface area contributed by atoms with Crippen LogP contribution in [0.1, 0.15) is 22.8 Å². The molecule has 0 spiro atoms. The van der Waals surface area contributed by atoms with E-state index in [1.807, 2.05) is 22.8 Å². The summed E-state index contributed by atoms with van der Waals surface area (Å²) in [4.78, 5) is 2.27. The van der Waals surface area contributed by atoms with E-state index in [4.69, 9.17) is 9.47 Å². The Kier molecular flexibility index (Phi) is 5.73. The molecular formula is C21H23FN4O3. The van der Waals surface area contributed by atoms with Gasteiger partial charge in [0, 0.05) is 19.6 Å². The van der Waals surface area contributed by atoms with Crippen molar-refractivity contribution in [3.63, 3.8) is 0 Å². The van der Waals surface area contributed by atoms with Gasteiger partial charge in [0.05, 0.1) is 13.7 Å². The first-order valence-electron chi connectivity index (χ1n) is 9.44. The fourth-order valence-corrected chi connectivity index (χ4v) is 3.45. The van der Waals surface area contributed by atoms with Crippen molar-refractivity contribution in [3.8, 4) is 11.5 Å². The number of benzene rings is 2. The number of ether oxygens (including phenoxy) is 2. The number of rotatable bonds is 7. The highest BCUT2D eigenvalue weighted by Crippen LogP contribution is 2.30. The van der Waals surface area contributed by atoms with E-state index in [1.54, 1.807) is 19.2 Å². The molecule has 0 saturated carbocycles. The second kappa shape index (κ2) is 8.59. The SMILES string of the molecule is COc1ccc(CN2CCn3c(CO)nnc3C2)cc1OCc1ccc(F)cc1. The van der Waals surface area contributed by atoms with E-state index in [9.17, 15) is 9.50 Å². The second-order valence-electron chi connectivity index (χ2n) is 6.95. The molecule has 0 atom stereocenters. The van der Waals surface area contributed by atoms with Gasteiger partial charge in [-0.2, -0.15) is 0 Å². The maximum Gasteiger partial charge on any atom is 0.161 e. The van der Waals surface area contributed by atoms with E-state index in [1.165, 1.54) is 12.1 Å². The van der Waals surface area contributed by atoms with Gasteiger partial charge in [-0.3, -0.25) is 4.90 Å². The summed E-state index contributed by atoms with van der Waals surface area (Å²) in [6, 6.07) is 12.1. The zero-order chi connectivity index (χ0) is 20.2. The summed E-state index contributed by atoms with van der Waals surface area (Å²) in [6.45, 7) is 3.23. The van der Waals surface area contributed by atoms with Crippen LogP contribution in [0.3, 0.4) is 0 Å². The third kappa shape index (κ3) is 4.38.